The summed E-state index contributed by atoms with van der Waals surface area (Å²) in [5.41, 5.74) is 2.73. The molecular weight excluding hydrogens is 144 g/mol. The van der Waals surface area contributed by atoms with Crippen molar-refractivity contribution in [3.63, 3.8) is 0 Å². The van der Waals surface area contributed by atoms with Crippen LogP contribution in [0, 0.1) is 0 Å². The summed E-state index contributed by atoms with van der Waals surface area (Å²) in [6, 6.07) is 0. The minimum atomic E-state index is -0.348. The third-order valence-corrected chi connectivity index (χ3v) is 1.08. The number of rotatable bonds is 2. The molecule has 0 bridgehead atoms. The van der Waals surface area contributed by atoms with Crippen molar-refractivity contribution in [3.05, 3.63) is 24.3 Å². The van der Waals surface area contributed by atoms with Crippen LogP contribution < -0.4 is 11.3 Å². The summed E-state index contributed by atoms with van der Waals surface area (Å²) in [4.78, 5) is 17.1. The monoisotopic (exact) mass is 152 g/mol. The minimum Gasteiger partial charge on any atom is -0.345 e. The molecule has 0 aliphatic heterocycles. The van der Waals surface area contributed by atoms with Crippen molar-refractivity contribution in [1.29, 1.82) is 0 Å². The van der Waals surface area contributed by atoms with E-state index in [1.807, 2.05) is 5.43 Å². The van der Waals surface area contributed by atoms with Gasteiger partial charge < -0.3 is 4.98 Å². The van der Waals surface area contributed by atoms with E-state index < -0.39 is 0 Å². The quantitative estimate of drug-likeness (QED) is 0.229. The Morgan fingerprint density at radius 2 is 2.64 bits per heavy atom. The average Bonchev–Trinajstić information content (AvgIpc) is 2.52. The van der Waals surface area contributed by atoms with Gasteiger partial charge in [-0.25, -0.2) is 10.8 Å². The first-order valence-corrected chi connectivity index (χ1v) is 3.00. The molecule has 0 unspecified atom stereocenters. The molecule has 4 N–H and O–H groups in total. The number of nitrogens with two attached hydrogens (primary N) is 1. The van der Waals surface area contributed by atoms with Crippen LogP contribution in [-0.4, -0.2) is 15.9 Å². The number of amides is 1. The van der Waals surface area contributed by atoms with E-state index in [9.17, 15) is 4.79 Å². The lowest BCUT2D eigenvalue weighted by Gasteiger charge is -1.87. The van der Waals surface area contributed by atoms with Gasteiger partial charge in [-0.2, -0.15) is 0 Å². The molecule has 0 aliphatic rings. The van der Waals surface area contributed by atoms with Crippen molar-refractivity contribution in [3.8, 4) is 0 Å². The summed E-state index contributed by atoms with van der Waals surface area (Å²) in [6.45, 7) is 0. The fourth-order valence-electron chi connectivity index (χ4n) is 0.571. The molecule has 0 aliphatic carbocycles. The highest BCUT2D eigenvalue weighted by Gasteiger charge is 1.89. The standard InChI is InChI=1S/C6H8N4O/c7-10-6(11)2-1-5-3-8-4-9-5/h1-4H,7H2,(H,8,9)(H,10,11)/b2-1+. The molecule has 58 valence electrons. The number of nitrogens with zero attached hydrogens (tertiary/aromatic N) is 1. The fraction of sp³-hybridized carbons (Fsp3) is 0. The third-order valence-electron chi connectivity index (χ3n) is 1.08. The topological polar surface area (TPSA) is 83.8 Å². The second-order valence-electron chi connectivity index (χ2n) is 1.85. The molecule has 1 amide bonds. The zero-order valence-corrected chi connectivity index (χ0v) is 5.74. The van der Waals surface area contributed by atoms with E-state index in [4.69, 9.17) is 5.84 Å². The molecule has 0 saturated carbocycles. The van der Waals surface area contributed by atoms with Crippen LogP contribution in [-0.2, 0) is 4.79 Å². The maximum atomic E-state index is 10.5. The van der Waals surface area contributed by atoms with Gasteiger partial charge in [0.2, 0.25) is 0 Å². The molecule has 0 spiro atoms. The van der Waals surface area contributed by atoms with Crippen LogP contribution in [0.3, 0.4) is 0 Å². The molecule has 1 rings (SSSR count). The van der Waals surface area contributed by atoms with Crippen molar-refractivity contribution >= 4 is 12.0 Å². The lowest BCUT2D eigenvalue weighted by atomic mass is 10.4. The molecular formula is C6H8N4O. The van der Waals surface area contributed by atoms with Gasteiger partial charge >= 0.3 is 0 Å². The zero-order chi connectivity index (χ0) is 8.10. The number of hydrogen-bond donors (Lipinski definition) is 3. The zero-order valence-electron chi connectivity index (χ0n) is 5.74. The van der Waals surface area contributed by atoms with Crippen LogP contribution in [0.5, 0.6) is 0 Å². The van der Waals surface area contributed by atoms with Gasteiger partial charge in [0.15, 0.2) is 0 Å². The molecule has 0 radical (unpaired) electrons. The Kier molecular flexibility index (Phi) is 2.40. The van der Waals surface area contributed by atoms with E-state index in [-0.39, 0.29) is 5.91 Å². The second-order valence-corrected chi connectivity index (χ2v) is 1.85. The Hall–Kier alpha value is -1.62. The van der Waals surface area contributed by atoms with Gasteiger partial charge in [-0.05, 0) is 6.08 Å². The van der Waals surface area contributed by atoms with Gasteiger partial charge in [0.1, 0.15) is 0 Å². The van der Waals surface area contributed by atoms with Gasteiger partial charge in [-0.3, -0.25) is 10.2 Å². The fourth-order valence-corrected chi connectivity index (χ4v) is 0.571. The third kappa shape index (κ3) is 2.23. The predicted molar refractivity (Wildman–Crippen MR) is 40.0 cm³/mol. The van der Waals surface area contributed by atoms with Gasteiger partial charge in [0.25, 0.3) is 5.91 Å². The maximum Gasteiger partial charge on any atom is 0.257 e. The van der Waals surface area contributed by atoms with Gasteiger partial charge in [0.05, 0.1) is 18.2 Å². The number of aromatic amines is 1. The number of carbonyl (C=O) groups is 1. The van der Waals surface area contributed by atoms with Crippen LogP contribution in [0.1, 0.15) is 5.69 Å². The van der Waals surface area contributed by atoms with Crippen molar-refractivity contribution in [2.45, 2.75) is 0 Å². The first kappa shape index (κ1) is 7.49. The predicted octanol–water partition coefficient (Wildman–Crippen LogP) is -0.587. The molecule has 5 heteroatoms. The Morgan fingerprint density at radius 1 is 1.82 bits per heavy atom. The largest absolute Gasteiger partial charge is 0.345 e. The highest BCUT2D eigenvalue weighted by atomic mass is 16.2. The Bertz CT molecular complexity index is 252. The van der Waals surface area contributed by atoms with E-state index in [0.29, 0.717) is 0 Å². The summed E-state index contributed by atoms with van der Waals surface area (Å²) in [7, 11) is 0. The van der Waals surface area contributed by atoms with Crippen molar-refractivity contribution in [2.24, 2.45) is 5.84 Å². The number of imidazole rings is 1. The van der Waals surface area contributed by atoms with Crippen molar-refractivity contribution in [2.75, 3.05) is 0 Å². The van der Waals surface area contributed by atoms with E-state index in [1.165, 1.54) is 12.4 Å². The van der Waals surface area contributed by atoms with Crippen molar-refractivity contribution < 1.29 is 4.79 Å². The summed E-state index contributed by atoms with van der Waals surface area (Å²) in [6.07, 6.45) is 6.02. The van der Waals surface area contributed by atoms with Crippen LogP contribution in [0.15, 0.2) is 18.6 Å². The summed E-state index contributed by atoms with van der Waals surface area (Å²) >= 11 is 0. The molecule has 1 heterocycles. The van der Waals surface area contributed by atoms with Crippen LogP contribution in [0.2, 0.25) is 0 Å². The average molecular weight is 152 g/mol. The molecule has 1 aromatic heterocycles. The lowest BCUT2D eigenvalue weighted by Crippen LogP contribution is -2.27. The lowest BCUT2D eigenvalue weighted by molar-refractivity contribution is -0.116. The van der Waals surface area contributed by atoms with Gasteiger partial charge in [0, 0.05) is 6.08 Å². The number of hydrazine groups is 1. The Morgan fingerprint density at radius 3 is 3.18 bits per heavy atom. The Labute approximate surface area is 63.3 Å². The molecule has 11 heavy (non-hydrogen) atoms. The smallest absolute Gasteiger partial charge is 0.257 e. The van der Waals surface area contributed by atoms with E-state index >= 15 is 0 Å². The molecule has 1 aromatic rings. The highest BCUT2D eigenvalue weighted by Crippen LogP contribution is 1.92. The summed E-state index contributed by atoms with van der Waals surface area (Å²) < 4.78 is 0. The number of carbonyl (C=O) groups excluding carboxylic acids is 1. The van der Waals surface area contributed by atoms with Crippen LogP contribution >= 0.6 is 0 Å². The normalized spacial score (nSPS) is 10.3. The molecule has 0 saturated heterocycles. The molecule has 5 nitrogen and oxygen atoms in total. The number of nitrogens with one attached hydrogen (secondary N) is 2. The molecule has 0 aromatic carbocycles. The van der Waals surface area contributed by atoms with E-state index in [0.717, 1.165) is 5.69 Å². The van der Waals surface area contributed by atoms with Gasteiger partial charge in [-0.1, -0.05) is 0 Å². The van der Waals surface area contributed by atoms with E-state index in [1.54, 1.807) is 12.3 Å². The summed E-state index contributed by atoms with van der Waals surface area (Å²) in [5.74, 6) is 4.49. The maximum absolute atomic E-state index is 10.5. The van der Waals surface area contributed by atoms with Crippen molar-refractivity contribution in [1.82, 2.24) is 15.4 Å². The van der Waals surface area contributed by atoms with E-state index in [2.05, 4.69) is 9.97 Å². The van der Waals surface area contributed by atoms with Crippen LogP contribution in [0.25, 0.3) is 6.08 Å². The van der Waals surface area contributed by atoms with Gasteiger partial charge in [-0.15, -0.1) is 0 Å². The summed E-state index contributed by atoms with van der Waals surface area (Å²) in [5, 5.41) is 0. The first-order valence-electron chi connectivity index (χ1n) is 3.00. The number of aromatic nitrogens is 2. The number of H-pyrrole nitrogens is 1. The highest BCUT2D eigenvalue weighted by molar-refractivity contribution is 5.90. The SMILES string of the molecule is NNC(=O)/C=C/c1cnc[nH]1. The molecule has 0 atom stereocenters. The number of hydrogen-bond acceptors (Lipinski definition) is 3. The Balaban J connectivity index is 2.55. The minimum absolute atomic E-state index is 0.348. The second kappa shape index (κ2) is 3.52. The first-order chi connectivity index (χ1) is 5.33. The molecule has 0 fully saturated rings. The van der Waals surface area contributed by atoms with Crippen LogP contribution in [0.4, 0.5) is 0 Å².